The van der Waals surface area contributed by atoms with Crippen LogP contribution in [-0.4, -0.2) is 37.7 Å². The highest BCUT2D eigenvalue weighted by atomic mass is 32.2. The minimum Gasteiger partial charge on any atom is -0.372 e. The zero-order chi connectivity index (χ0) is 32.6. The maximum Gasteiger partial charge on any atom is 0.190 e. The minimum atomic E-state index is -0.235. The predicted octanol–water partition coefficient (Wildman–Crippen LogP) is 11.0. The number of hydrogen-bond acceptors (Lipinski definition) is 6. The Bertz CT molecular complexity index is 1860. The molecule has 0 saturated carbocycles. The van der Waals surface area contributed by atoms with Gasteiger partial charge in [-0.05, 0) is 112 Å². The summed E-state index contributed by atoms with van der Waals surface area (Å²) in [4.78, 5) is 16.4. The van der Waals surface area contributed by atoms with Crippen LogP contribution in [0.25, 0.3) is 11.3 Å². The number of anilines is 4. The van der Waals surface area contributed by atoms with Gasteiger partial charge in [0.2, 0.25) is 0 Å². The Morgan fingerprint density at radius 1 is 0.750 bits per heavy atom. The molecule has 4 heterocycles. The van der Waals surface area contributed by atoms with Crippen molar-refractivity contribution in [1.82, 2.24) is 4.98 Å². The second kappa shape index (κ2) is 13.6. The van der Waals surface area contributed by atoms with E-state index in [9.17, 15) is 0 Å². The molecule has 1 aromatic heterocycles. The van der Waals surface area contributed by atoms with E-state index < -0.39 is 0 Å². The Hall–Kier alpha value is -3.81. The first-order valence-corrected chi connectivity index (χ1v) is 19.3. The molecular weight excluding hydrogens is 632 g/mol. The van der Waals surface area contributed by atoms with E-state index in [0.29, 0.717) is 5.56 Å². The van der Waals surface area contributed by atoms with Crippen molar-refractivity contribution >= 4 is 45.3 Å². The minimum absolute atomic E-state index is 0.0569. The Kier molecular flexibility index (Phi) is 8.91. The number of nitrogens with zero attached hydrogens (tertiary/aromatic N) is 4. The average Bonchev–Trinajstić information content (AvgIpc) is 3.56. The van der Waals surface area contributed by atoms with Gasteiger partial charge in [-0.3, -0.25) is 0 Å². The van der Waals surface area contributed by atoms with Gasteiger partial charge in [0.1, 0.15) is 5.82 Å². The molecule has 0 atom stereocenters. The highest BCUT2D eigenvalue weighted by Gasteiger charge is 2.34. The maximum atomic E-state index is 15.7. The lowest BCUT2D eigenvalue weighted by Gasteiger charge is -2.34. The summed E-state index contributed by atoms with van der Waals surface area (Å²) in [6, 6.07) is 29.8. The average molecular weight is 675 g/mol. The number of aryl methyl sites for hydroxylation is 1. The van der Waals surface area contributed by atoms with Crippen LogP contribution in [0.1, 0.15) is 72.9 Å². The number of fused-ring (bicyclic) bond motifs is 2. The first-order valence-electron chi connectivity index (χ1n) is 17.6. The van der Waals surface area contributed by atoms with Crippen LogP contribution in [0.3, 0.4) is 0 Å². The molecule has 3 aliphatic heterocycles. The van der Waals surface area contributed by atoms with Crippen LogP contribution < -0.4 is 14.7 Å². The smallest absolute Gasteiger partial charge is 0.190 e. The van der Waals surface area contributed by atoms with Gasteiger partial charge >= 0.3 is 0 Å². The molecule has 246 valence electrons. The molecule has 2 fully saturated rings. The summed E-state index contributed by atoms with van der Waals surface area (Å²) < 4.78 is 15.7. The molecule has 8 rings (SSSR count). The molecule has 0 N–H and O–H groups in total. The van der Waals surface area contributed by atoms with Crippen molar-refractivity contribution in [2.45, 2.75) is 68.1 Å². The monoisotopic (exact) mass is 674 g/mol. The van der Waals surface area contributed by atoms with E-state index in [1.807, 2.05) is 23.9 Å². The highest BCUT2D eigenvalue weighted by molar-refractivity contribution is 7.99. The third-order valence-electron chi connectivity index (χ3n) is 10.3. The van der Waals surface area contributed by atoms with Crippen molar-refractivity contribution < 1.29 is 4.39 Å². The van der Waals surface area contributed by atoms with E-state index in [1.54, 1.807) is 23.5 Å². The molecule has 0 spiro atoms. The van der Waals surface area contributed by atoms with Crippen molar-refractivity contribution in [2.24, 2.45) is 0 Å². The lowest BCUT2D eigenvalue weighted by Crippen LogP contribution is -2.29. The van der Waals surface area contributed by atoms with Gasteiger partial charge < -0.3 is 14.7 Å². The molecule has 3 aliphatic rings. The van der Waals surface area contributed by atoms with Crippen LogP contribution in [0.2, 0.25) is 0 Å². The van der Waals surface area contributed by atoms with Crippen molar-refractivity contribution in [1.29, 1.82) is 0 Å². The standard InChI is InChI=1S/C41H43FN4S2/c1-3-46(35-17-9-6-14-28(35)2)41-43-39(31-15-7-8-16-34(31)42)40(48-41)38-32-20-18-29(44-22-10-4-11-23-44)26-36(32)47-37-27-30(19-21-33(37)38)45-24-12-5-13-25-45/h6-9,14-21,26-27,38H,3-5,10-13,22-25H2,1-2H3. The van der Waals surface area contributed by atoms with E-state index >= 15 is 4.39 Å². The van der Waals surface area contributed by atoms with Crippen molar-refractivity contribution in [3.05, 3.63) is 112 Å². The molecule has 0 amide bonds. The number of rotatable bonds is 7. The van der Waals surface area contributed by atoms with Crippen molar-refractivity contribution in [3.8, 4) is 11.3 Å². The van der Waals surface area contributed by atoms with Crippen LogP contribution in [0.4, 0.5) is 26.6 Å². The molecule has 48 heavy (non-hydrogen) atoms. The van der Waals surface area contributed by atoms with Crippen molar-refractivity contribution in [2.75, 3.05) is 47.4 Å². The summed E-state index contributed by atoms with van der Waals surface area (Å²) >= 11 is 3.62. The molecule has 4 nitrogen and oxygen atoms in total. The van der Waals surface area contributed by atoms with E-state index in [1.165, 1.54) is 76.4 Å². The van der Waals surface area contributed by atoms with E-state index in [4.69, 9.17) is 4.98 Å². The second-order valence-electron chi connectivity index (χ2n) is 13.3. The molecule has 0 bridgehead atoms. The Labute approximate surface area is 292 Å². The Balaban J connectivity index is 1.32. The summed E-state index contributed by atoms with van der Waals surface area (Å²) in [7, 11) is 0. The number of halogens is 1. The molecule has 2 saturated heterocycles. The molecule has 4 aromatic carbocycles. The number of aromatic nitrogens is 1. The Morgan fingerprint density at radius 2 is 1.33 bits per heavy atom. The molecule has 5 aromatic rings. The zero-order valence-electron chi connectivity index (χ0n) is 27.9. The summed E-state index contributed by atoms with van der Waals surface area (Å²) in [5.41, 5.74) is 8.83. The van der Waals surface area contributed by atoms with Gasteiger partial charge in [0.15, 0.2) is 5.13 Å². The number of thiazole rings is 1. The topological polar surface area (TPSA) is 22.6 Å². The highest BCUT2D eigenvalue weighted by Crippen LogP contribution is 2.54. The number of piperidine rings is 2. The van der Waals surface area contributed by atoms with Crippen LogP contribution in [-0.2, 0) is 0 Å². The fourth-order valence-corrected chi connectivity index (χ4v) is 10.2. The van der Waals surface area contributed by atoms with Gasteiger partial charge in [-0.2, -0.15) is 0 Å². The third kappa shape index (κ3) is 5.90. The fourth-order valence-electron chi connectivity index (χ4n) is 7.72. The predicted molar refractivity (Wildman–Crippen MR) is 201 cm³/mol. The first kappa shape index (κ1) is 31.5. The summed E-state index contributed by atoms with van der Waals surface area (Å²) in [6.07, 6.45) is 7.63. The van der Waals surface area contributed by atoms with Gasteiger partial charge in [0, 0.05) is 75.9 Å². The van der Waals surface area contributed by atoms with E-state index in [0.717, 1.165) is 54.1 Å². The number of hydrogen-bond donors (Lipinski definition) is 0. The number of benzene rings is 4. The van der Waals surface area contributed by atoms with Gasteiger partial charge in [0.05, 0.1) is 5.69 Å². The van der Waals surface area contributed by atoms with Crippen LogP contribution in [0, 0.1) is 12.7 Å². The van der Waals surface area contributed by atoms with Crippen LogP contribution in [0.5, 0.6) is 0 Å². The maximum absolute atomic E-state index is 15.7. The first-order chi connectivity index (χ1) is 23.6. The van der Waals surface area contributed by atoms with Gasteiger partial charge in [-0.1, -0.05) is 65.6 Å². The van der Waals surface area contributed by atoms with Gasteiger partial charge in [-0.25, -0.2) is 9.37 Å². The normalized spacial score (nSPS) is 16.5. The van der Waals surface area contributed by atoms with E-state index in [-0.39, 0.29) is 11.7 Å². The molecule has 0 unspecified atom stereocenters. The largest absolute Gasteiger partial charge is 0.372 e. The second-order valence-corrected chi connectivity index (χ2v) is 15.4. The van der Waals surface area contributed by atoms with Crippen LogP contribution in [0.15, 0.2) is 94.7 Å². The SMILES string of the molecule is CCN(c1nc(-c2ccccc2F)c(C2c3ccc(N4CCCCC4)cc3Sc3cc(N4CCCCC4)ccc32)s1)c1ccccc1C. The zero-order valence-corrected chi connectivity index (χ0v) is 29.6. The molecule has 0 radical (unpaired) electrons. The van der Waals surface area contributed by atoms with Crippen molar-refractivity contribution in [3.63, 3.8) is 0 Å². The Morgan fingerprint density at radius 3 is 1.92 bits per heavy atom. The summed E-state index contributed by atoms with van der Waals surface area (Å²) in [5, 5.41) is 0.899. The molecular formula is C41H43FN4S2. The van der Waals surface area contributed by atoms with Gasteiger partial charge in [-0.15, -0.1) is 0 Å². The van der Waals surface area contributed by atoms with E-state index in [2.05, 4.69) is 89.2 Å². The number of para-hydroxylation sites is 1. The lowest BCUT2D eigenvalue weighted by atomic mass is 9.87. The summed E-state index contributed by atoms with van der Waals surface area (Å²) in [6.45, 7) is 9.54. The van der Waals surface area contributed by atoms with Gasteiger partial charge in [0.25, 0.3) is 0 Å². The summed E-state index contributed by atoms with van der Waals surface area (Å²) in [5.74, 6) is -0.292. The fraction of sp³-hybridized carbons (Fsp3) is 0.341. The van der Waals surface area contributed by atoms with Crippen LogP contribution >= 0.6 is 23.1 Å². The quantitative estimate of drug-likeness (QED) is 0.168. The third-order valence-corrected chi connectivity index (χ3v) is 12.6. The molecule has 0 aliphatic carbocycles. The molecule has 7 heteroatoms. The lowest BCUT2D eigenvalue weighted by molar-refractivity contribution is 0.577.